The molecule has 0 aliphatic heterocycles. The van der Waals surface area contributed by atoms with Crippen molar-refractivity contribution in [3.63, 3.8) is 0 Å². The van der Waals surface area contributed by atoms with Crippen molar-refractivity contribution in [1.82, 2.24) is 4.90 Å². The molecule has 0 aromatic carbocycles. The number of hydrogen-bond donors (Lipinski definition) is 0. The normalized spacial score (nSPS) is 13.1. The van der Waals surface area contributed by atoms with E-state index >= 15 is 0 Å². The van der Waals surface area contributed by atoms with Gasteiger partial charge in [-0.1, -0.05) is 52.4 Å². The van der Waals surface area contributed by atoms with Gasteiger partial charge in [0.05, 0.1) is 6.10 Å². The minimum atomic E-state index is 0.468. The molecule has 0 bridgehead atoms. The Balaban J connectivity index is 3.34. The highest BCUT2D eigenvalue weighted by Crippen LogP contribution is 2.18. The van der Waals surface area contributed by atoms with Crippen LogP contribution in [0.1, 0.15) is 71.6 Å². The molecular formula is C16H35NOS. The lowest BCUT2D eigenvalue weighted by Crippen LogP contribution is -2.14. The zero-order valence-corrected chi connectivity index (χ0v) is 14.4. The van der Waals surface area contributed by atoms with Crippen LogP contribution in [0, 0.1) is 0 Å². The molecule has 0 aromatic rings. The first kappa shape index (κ1) is 19.3. The van der Waals surface area contributed by atoms with Crippen LogP contribution in [0.3, 0.4) is 0 Å². The van der Waals surface area contributed by atoms with E-state index in [1.54, 1.807) is 12.0 Å². The monoisotopic (exact) mass is 289 g/mol. The minimum Gasteiger partial charge on any atom is -0.312 e. The standard InChI is InChI=1S/C16H35NOS/c1-5-7-8-9-10-11-13-16(6-2)18-19-15-12-14-17(3)4/h16H,5-15H2,1-4H3. The van der Waals surface area contributed by atoms with Crippen molar-refractivity contribution in [2.75, 3.05) is 26.4 Å². The van der Waals surface area contributed by atoms with E-state index in [4.69, 9.17) is 4.18 Å². The third kappa shape index (κ3) is 14.5. The molecule has 0 aromatic heterocycles. The highest BCUT2D eigenvalue weighted by molar-refractivity contribution is 7.94. The van der Waals surface area contributed by atoms with Gasteiger partial charge in [0.25, 0.3) is 0 Å². The highest BCUT2D eigenvalue weighted by atomic mass is 32.2. The maximum absolute atomic E-state index is 5.90. The van der Waals surface area contributed by atoms with Gasteiger partial charge in [0.15, 0.2) is 0 Å². The molecule has 0 radical (unpaired) electrons. The molecule has 1 unspecified atom stereocenters. The third-order valence-corrected chi connectivity index (χ3v) is 4.24. The minimum absolute atomic E-state index is 0.468. The first-order valence-electron chi connectivity index (χ1n) is 8.13. The van der Waals surface area contributed by atoms with Gasteiger partial charge in [-0.2, -0.15) is 0 Å². The number of nitrogens with zero attached hydrogens (tertiary/aromatic N) is 1. The van der Waals surface area contributed by atoms with Crippen LogP contribution in [0.5, 0.6) is 0 Å². The second-order valence-electron chi connectivity index (χ2n) is 5.66. The van der Waals surface area contributed by atoms with Crippen LogP contribution >= 0.6 is 12.0 Å². The smallest absolute Gasteiger partial charge is 0.0719 e. The summed E-state index contributed by atoms with van der Waals surface area (Å²) in [7, 11) is 4.25. The molecular weight excluding hydrogens is 254 g/mol. The molecule has 0 aliphatic rings. The summed E-state index contributed by atoms with van der Waals surface area (Å²) >= 11 is 1.67. The molecule has 0 rings (SSSR count). The molecule has 0 saturated carbocycles. The first-order chi connectivity index (χ1) is 9.20. The van der Waals surface area contributed by atoms with Crippen LogP contribution in [-0.4, -0.2) is 37.4 Å². The van der Waals surface area contributed by atoms with E-state index in [9.17, 15) is 0 Å². The Kier molecular flexibility index (Phi) is 14.9. The molecule has 3 heteroatoms. The van der Waals surface area contributed by atoms with Crippen molar-refractivity contribution in [3.8, 4) is 0 Å². The Bertz CT molecular complexity index is 176. The van der Waals surface area contributed by atoms with Crippen LogP contribution in [0.2, 0.25) is 0 Å². The van der Waals surface area contributed by atoms with Gasteiger partial charge in [-0.25, -0.2) is 0 Å². The lowest BCUT2D eigenvalue weighted by molar-refractivity contribution is 0.218. The van der Waals surface area contributed by atoms with E-state index in [0.29, 0.717) is 6.10 Å². The van der Waals surface area contributed by atoms with Crippen LogP contribution in [0.4, 0.5) is 0 Å². The average Bonchev–Trinajstić information content (AvgIpc) is 2.39. The summed E-state index contributed by atoms with van der Waals surface area (Å²) in [5.41, 5.74) is 0. The lowest BCUT2D eigenvalue weighted by atomic mass is 10.1. The van der Waals surface area contributed by atoms with Gasteiger partial charge in [-0.15, -0.1) is 0 Å². The molecule has 0 amide bonds. The van der Waals surface area contributed by atoms with E-state index in [-0.39, 0.29) is 0 Å². The number of hydrogen-bond acceptors (Lipinski definition) is 3. The molecule has 0 spiro atoms. The Morgan fingerprint density at radius 3 is 2.26 bits per heavy atom. The summed E-state index contributed by atoms with van der Waals surface area (Å²) in [5, 5.41) is 0. The van der Waals surface area contributed by atoms with E-state index in [1.807, 2.05) is 0 Å². The highest BCUT2D eigenvalue weighted by Gasteiger charge is 2.06. The summed E-state index contributed by atoms with van der Waals surface area (Å²) in [5.74, 6) is 1.12. The quantitative estimate of drug-likeness (QED) is 0.325. The molecule has 0 N–H and O–H groups in total. The Morgan fingerprint density at radius 1 is 0.947 bits per heavy atom. The third-order valence-electron chi connectivity index (χ3n) is 3.37. The topological polar surface area (TPSA) is 12.5 Å². The van der Waals surface area contributed by atoms with Crippen molar-refractivity contribution in [1.29, 1.82) is 0 Å². The number of rotatable bonds is 14. The summed E-state index contributed by atoms with van der Waals surface area (Å²) in [6.07, 6.45) is 12.3. The molecule has 0 aliphatic carbocycles. The summed E-state index contributed by atoms with van der Waals surface area (Å²) < 4.78 is 5.90. The molecule has 0 heterocycles. The molecule has 1 atom stereocenters. The predicted octanol–water partition coefficient (Wildman–Crippen LogP) is 5.13. The van der Waals surface area contributed by atoms with Gasteiger partial charge in [-0.05, 0) is 51.9 Å². The van der Waals surface area contributed by atoms with Crippen molar-refractivity contribution in [2.24, 2.45) is 0 Å². The van der Waals surface area contributed by atoms with Crippen LogP contribution in [0.25, 0.3) is 0 Å². The molecule has 116 valence electrons. The van der Waals surface area contributed by atoms with Crippen LogP contribution in [-0.2, 0) is 4.18 Å². The first-order valence-corrected chi connectivity index (χ1v) is 9.04. The second-order valence-corrected chi connectivity index (χ2v) is 6.50. The van der Waals surface area contributed by atoms with E-state index in [0.717, 1.165) is 18.7 Å². The predicted molar refractivity (Wildman–Crippen MR) is 88.8 cm³/mol. The fraction of sp³-hybridized carbons (Fsp3) is 1.00. The van der Waals surface area contributed by atoms with Gasteiger partial charge >= 0.3 is 0 Å². The largest absolute Gasteiger partial charge is 0.312 e. The number of unbranched alkanes of at least 4 members (excludes halogenated alkanes) is 5. The molecule has 0 saturated heterocycles. The van der Waals surface area contributed by atoms with Gasteiger partial charge in [0.2, 0.25) is 0 Å². The maximum Gasteiger partial charge on any atom is 0.0719 e. The van der Waals surface area contributed by atoms with Gasteiger partial charge in [0.1, 0.15) is 0 Å². The molecule has 19 heavy (non-hydrogen) atoms. The zero-order valence-electron chi connectivity index (χ0n) is 13.6. The van der Waals surface area contributed by atoms with Crippen LogP contribution < -0.4 is 0 Å². The lowest BCUT2D eigenvalue weighted by Gasteiger charge is -2.15. The van der Waals surface area contributed by atoms with Crippen molar-refractivity contribution in [2.45, 2.75) is 77.7 Å². The fourth-order valence-electron chi connectivity index (χ4n) is 2.06. The zero-order chi connectivity index (χ0) is 14.3. The van der Waals surface area contributed by atoms with Gasteiger partial charge in [0, 0.05) is 5.75 Å². The summed E-state index contributed by atoms with van der Waals surface area (Å²) in [6.45, 7) is 5.67. The Morgan fingerprint density at radius 2 is 1.63 bits per heavy atom. The van der Waals surface area contributed by atoms with E-state index in [2.05, 4.69) is 32.8 Å². The summed E-state index contributed by atoms with van der Waals surface area (Å²) in [6, 6.07) is 0. The van der Waals surface area contributed by atoms with E-state index in [1.165, 1.54) is 51.4 Å². The molecule has 0 fully saturated rings. The fourth-order valence-corrected chi connectivity index (χ4v) is 2.82. The Hall–Kier alpha value is 0.270. The summed E-state index contributed by atoms with van der Waals surface area (Å²) in [4.78, 5) is 2.23. The Labute approximate surface area is 125 Å². The van der Waals surface area contributed by atoms with Crippen molar-refractivity contribution < 1.29 is 4.18 Å². The van der Waals surface area contributed by atoms with Crippen molar-refractivity contribution in [3.05, 3.63) is 0 Å². The molecule has 2 nitrogen and oxygen atoms in total. The van der Waals surface area contributed by atoms with Crippen molar-refractivity contribution >= 4 is 12.0 Å². The average molecular weight is 290 g/mol. The van der Waals surface area contributed by atoms with Gasteiger partial charge < -0.3 is 9.08 Å². The van der Waals surface area contributed by atoms with E-state index < -0.39 is 0 Å². The second kappa shape index (κ2) is 14.7. The van der Waals surface area contributed by atoms with Gasteiger partial charge in [-0.3, -0.25) is 0 Å². The SMILES string of the molecule is CCCCCCCCC(CC)OSCCCN(C)C. The maximum atomic E-state index is 5.90. The van der Waals surface area contributed by atoms with Crippen LogP contribution in [0.15, 0.2) is 0 Å².